The van der Waals surface area contributed by atoms with Crippen LogP contribution in [-0.2, 0) is 6.54 Å². The van der Waals surface area contributed by atoms with Gasteiger partial charge in [0.1, 0.15) is 12.1 Å². The molecule has 3 rings (SSSR count). The van der Waals surface area contributed by atoms with E-state index < -0.39 is 0 Å². The Morgan fingerprint density at radius 3 is 2.55 bits per heavy atom. The minimum Gasteiger partial charge on any atom is -0.444 e. The van der Waals surface area contributed by atoms with E-state index >= 15 is 0 Å². The molecular weight excluding hydrogens is 279 g/mol. The van der Waals surface area contributed by atoms with Gasteiger partial charge < -0.3 is 4.42 Å². The first-order chi connectivity index (χ1) is 10.6. The second kappa shape index (κ2) is 6.61. The Balaban J connectivity index is 1.73. The van der Waals surface area contributed by atoms with Crippen molar-refractivity contribution in [3.05, 3.63) is 42.0 Å². The number of aromatic nitrogens is 1. The summed E-state index contributed by atoms with van der Waals surface area (Å²) < 4.78 is 18.6. The number of halogens is 1. The molecule has 1 aliphatic rings. The summed E-state index contributed by atoms with van der Waals surface area (Å²) in [4.78, 5) is 7.09. The standard InChI is InChI=1S/C18H23FN2O/c1-13(2)21(17-5-3-4-6-17)11-16-12-22-18(20-16)14-7-9-15(19)10-8-14/h7-10,12-13,17H,3-6,11H2,1-2H3. The van der Waals surface area contributed by atoms with E-state index in [9.17, 15) is 4.39 Å². The zero-order valence-corrected chi connectivity index (χ0v) is 13.3. The van der Waals surface area contributed by atoms with Crippen LogP contribution in [0, 0.1) is 5.82 Å². The van der Waals surface area contributed by atoms with Crippen molar-refractivity contribution in [2.75, 3.05) is 0 Å². The lowest BCUT2D eigenvalue weighted by Gasteiger charge is -2.31. The van der Waals surface area contributed by atoms with Crippen LogP contribution >= 0.6 is 0 Å². The van der Waals surface area contributed by atoms with Gasteiger partial charge in [0.25, 0.3) is 0 Å². The minimum absolute atomic E-state index is 0.247. The number of hydrogen-bond donors (Lipinski definition) is 0. The molecule has 1 saturated carbocycles. The van der Waals surface area contributed by atoms with Gasteiger partial charge in [0.05, 0.1) is 5.69 Å². The largest absolute Gasteiger partial charge is 0.444 e. The first kappa shape index (κ1) is 15.2. The molecule has 0 saturated heterocycles. The summed E-state index contributed by atoms with van der Waals surface area (Å²) >= 11 is 0. The summed E-state index contributed by atoms with van der Waals surface area (Å²) in [6.07, 6.45) is 6.94. The summed E-state index contributed by atoms with van der Waals surface area (Å²) in [5, 5.41) is 0. The Labute approximate surface area is 131 Å². The Morgan fingerprint density at radius 1 is 1.23 bits per heavy atom. The van der Waals surface area contributed by atoms with Crippen molar-refractivity contribution < 1.29 is 8.81 Å². The van der Waals surface area contributed by atoms with E-state index in [1.165, 1.54) is 37.8 Å². The van der Waals surface area contributed by atoms with Crippen LogP contribution in [0.2, 0.25) is 0 Å². The predicted molar refractivity (Wildman–Crippen MR) is 84.8 cm³/mol. The quantitative estimate of drug-likeness (QED) is 0.806. The lowest BCUT2D eigenvalue weighted by Crippen LogP contribution is -2.38. The summed E-state index contributed by atoms with van der Waals surface area (Å²) in [6.45, 7) is 5.28. The van der Waals surface area contributed by atoms with E-state index in [4.69, 9.17) is 4.42 Å². The molecule has 0 bridgehead atoms. The molecule has 0 radical (unpaired) electrons. The SMILES string of the molecule is CC(C)N(Cc1coc(-c2ccc(F)cc2)n1)C1CCCC1. The van der Waals surface area contributed by atoms with Gasteiger partial charge in [-0.1, -0.05) is 12.8 Å². The molecule has 1 aromatic heterocycles. The Morgan fingerprint density at radius 2 is 1.91 bits per heavy atom. The van der Waals surface area contributed by atoms with Gasteiger partial charge >= 0.3 is 0 Å². The average molecular weight is 302 g/mol. The Hall–Kier alpha value is -1.68. The minimum atomic E-state index is -0.247. The number of nitrogens with zero attached hydrogens (tertiary/aromatic N) is 2. The molecule has 118 valence electrons. The second-order valence-corrected chi connectivity index (χ2v) is 6.36. The van der Waals surface area contributed by atoms with Gasteiger partial charge in [-0.2, -0.15) is 0 Å². The van der Waals surface area contributed by atoms with Crippen molar-refractivity contribution in [3.8, 4) is 11.5 Å². The van der Waals surface area contributed by atoms with Crippen LogP contribution < -0.4 is 0 Å². The van der Waals surface area contributed by atoms with Crippen molar-refractivity contribution in [1.82, 2.24) is 9.88 Å². The smallest absolute Gasteiger partial charge is 0.226 e. The maximum Gasteiger partial charge on any atom is 0.226 e. The van der Waals surface area contributed by atoms with Crippen LogP contribution in [-0.4, -0.2) is 22.0 Å². The van der Waals surface area contributed by atoms with Gasteiger partial charge in [-0.25, -0.2) is 9.37 Å². The third-order valence-electron chi connectivity index (χ3n) is 4.44. The van der Waals surface area contributed by atoms with Gasteiger partial charge in [0, 0.05) is 24.2 Å². The molecule has 1 heterocycles. The molecule has 0 amide bonds. The van der Waals surface area contributed by atoms with Crippen molar-refractivity contribution in [2.45, 2.75) is 58.2 Å². The van der Waals surface area contributed by atoms with Crippen molar-refractivity contribution in [3.63, 3.8) is 0 Å². The second-order valence-electron chi connectivity index (χ2n) is 6.36. The maximum absolute atomic E-state index is 13.0. The molecule has 0 aliphatic heterocycles. The molecule has 0 atom stereocenters. The van der Waals surface area contributed by atoms with Gasteiger partial charge in [0.2, 0.25) is 5.89 Å². The van der Waals surface area contributed by atoms with Crippen LogP contribution in [0.1, 0.15) is 45.2 Å². The first-order valence-electron chi connectivity index (χ1n) is 8.09. The van der Waals surface area contributed by atoms with Crippen LogP contribution in [0.25, 0.3) is 11.5 Å². The number of rotatable bonds is 5. The molecule has 1 aromatic carbocycles. The number of hydrogen-bond acceptors (Lipinski definition) is 3. The van der Waals surface area contributed by atoms with E-state index in [0.29, 0.717) is 18.0 Å². The molecule has 1 fully saturated rings. The van der Waals surface area contributed by atoms with Gasteiger partial charge in [-0.3, -0.25) is 4.90 Å². The number of benzene rings is 1. The Kier molecular flexibility index (Phi) is 4.57. The summed E-state index contributed by atoms with van der Waals surface area (Å²) in [6, 6.07) is 7.40. The van der Waals surface area contributed by atoms with E-state index in [2.05, 4.69) is 23.7 Å². The highest BCUT2D eigenvalue weighted by atomic mass is 19.1. The summed E-state index contributed by atoms with van der Waals surface area (Å²) in [5.74, 6) is 0.313. The van der Waals surface area contributed by atoms with Gasteiger partial charge in [0.15, 0.2) is 0 Å². The first-order valence-corrected chi connectivity index (χ1v) is 8.09. The van der Waals surface area contributed by atoms with Crippen LogP contribution in [0.4, 0.5) is 4.39 Å². The fourth-order valence-corrected chi connectivity index (χ4v) is 3.26. The third-order valence-corrected chi connectivity index (χ3v) is 4.44. The van der Waals surface area contributed by atoms with Crippen LogP contribution in [0.5, 0.6) is 0 Å². The zero-order valence-electron chi connectivity index (χ0n) is 13.3. The monoisotopic (exact) mass is 302 g/mol. The molecule has 2 aromatic rings. The maximum atomic E-state index is 13.0. The highest BCUT2D eigenvalue weighted by molar-refractivity contribution is 5.52. The molecule has 4 heteroatoms. The third kappa shape index (κ3) is 3.38. The summed E-state index contributed by atoms with van der Waals surface area (Å²) in [7, 11) is 0. The normalized spacial score (nSPS) is 16.0. The van der Waals surface area contributed by atoms with Crippen LogP contribution in [0.15, 0.2) is 34.9 Å². The van der Waals surface area contributed by atoms with Gasteiger partial charge in [-0.05, 0) is 51.0 Å². The Bertz CT molecular complexity index is 600. The highest BCUT2D eigenvalue weighted by Gasteiger charge is 2.25. The summed E-state index contributed by atoms with van der Waals surface area (Å²) in [5.41, 5.74) is 1.75. The van der Waals surface area contributed by atoms with E-state index in [0.717, 1.165) is 17.8 Å². The van der Waals surface area contributed by atoms with Crippen molar-refractivity contribution in [2.24, 2.45) is 0 Å². The lowest BCUT2D eigenvalue weighted by atomic mass is 10.1. The molecule has 0 unspecified atom stereocenters. The predicted octanol–water partition coefficient (Wildman–Crippen LogP) is 4.63. The average Bonchev–Trinajstić information content (AvgIpc) is 3.17. The molecule has 3 nitrogen and oxygen atoms in total. The molecule has 0 N–H and O–H groups in total. The van der Waals surface area contributed by atoms with E-state index in [-0.39, 0.29) is 5.82 Å². The van der Waals surface area contributed by atoms with Crippen LogP contribution in [0.3, 0.4) is 0 Å². The lowest BCUT2D eigenvalue weighted by molar-refractivity contribution is 0.144. The van der Waals surface area contributed by atoms with Crippen molar-refractivity contribution in [1.29, 1.82) is 0 Å². The zero-order chi connectivity index (χ0) is 15.5. The fourth-order valence-electron chi connectivity index (χ4n) is 3.26. The fraction of sp³-hybridized carbons (Fsp3) is 0.500. The van der Waals surface area contributed by atoms with E-state index in [1.807, 2.05) is 0 Å². The highest BCUT2D eigenvalue weighted by Crippen LogP contribution is 2.27. The van der Waals surface area contributed by atoms with E-state index in [1.54, 1.807) is 18.4 Å². The van der Waals surface area contributed by atoms with Gasteiger partial charge in [-0.15, -0.1) is 0 Å². The molecule has 0 spiro atoms. The molecule has 1 aliphatic carbocycles. The topological polar surface area (TPSA) is 29.3 Å². The molecule has 22 heavy (non-hydrogen) atoms. The number of oxazole rings is 1. The van der Waals surface area contributed by atoms with Crippen molar-refractivity contribution >= 4 is 0 Å². The molecular formula is C18H23FN2O.